The fourth-order valence-corrected chi connectivity index (χ4v) is 1.63. The minimum atomic E-state index is -0.693. The van der Waals surface area contributed by atoms with Crippen molar-refractivity contribution >= 4 is 22.4 Å². The zero-order valence-electron chi connectivity index (χ0n) is 8.27. The Balaban J connectivity index is 2.14. The summed E-state index contributed by atoms with van der Waals surface area (Å²) in [7, 11) is 0. The van der Waals surface area contributed by atoms with Crippen molar-refractivity contribution in [2.24, 2.45) is 0 Å². The van der Waals surface area contributed by atoms with Crippen molar-refractivity contribution in [3.05, 3.63) is 34.8 Å². The van der Waals surface area contributed by atoms with E-state index in [1.54, 1.807) is 6.92 Å². The van der Waals surface area contributed by atoms with E-state index < -0.39 is 11.9 Å². The van der Waals surface area contributed by atoms with E-state index in [1.807, 2.05) is 0 Å². The first-order valence-corrected chi connectivity index (χ1v) is 5.21. The van der Waals surface area contributed by atoms with Gasteiger partial charge in [-0.1, -0.05) is 17.4 Å². The van der Waals surface area contributed by atoms with Crippen molar-refractivity contribution < 1.29 is 9.18 Å². The van der Waals surface area contributed by atoms with Crippen LogP contribution in [0, 0.1) is 12.9 Å². The van der Waals surface area contributed by atoms with Crippen molar-refractivity contribution in [2.75, 3.05) is 5.32 Å². The SMILES string of the molecule is Cc1nnc(NC(=O)c2cccc(F)n2)s1. The molecule has 0 atom stereocenters. The summed E-state index contributed by atoms with van der Waals surface area (Å²) in [5, 5.41) is 11.0. The van der Waals surface area contributed by atoms with Gasteiger partial charge in [0.25, 0.3) is 5.91 Å². The number of anilines is 1. The van der Waals surface area contributed by atoms with E-state index in [0.717, 1.165) is 5.01 Å². The third-order valence-corrected chi connectivity index (χ3v) is 2.45. The number of hydrogen-bond donors (Lipinski definition) is 1. The largest absolute Gasteiger partial charge is 0.295 e. The van der Waals surface area contributed by atoms with Gasteiger partial charge in [0.05, 0.1) is 0 Å². The molecule has 2 rings (SSSR count). The summed E-state index contributed by atoms with van der Waals surface area (Å²) in [5.74, 6) is -1.20. The summed E-state index contributed by atoms with van der Waals surface area (Å²) >= 11 is 1.24. The van der Waals surface area contributed by atoms with E-state index >= 15 is 0 Å². The van der Waals surface area contributed by atoms with Crippen LogP contribution in [0.1, 0.15) is 15.5 Å². The molecule has 0 saturated carbocycles. The van der Waals surface area contributed by atoms with Crippen LogP contribution in [0.4, 0.5) is 9.52 Å². The molecule has 82 valence electrons. The molecule has 0 unspecified atom stereocenters. The summed E-state index contributed by atoms with van der Waals surface area (Å²) in [6.07, 6.45) is 0. The molecule has 16 heavy (non-hydrogen) atoms. The first-order valence-electron chi connectivity index (χ1n) is 4.39. The molecule has 1 amide bonds. The maximum absolute atomic E-state index is 12.8. The molecule has 0 saturated heterocycles. The fourth-order valence-electron chi connectivity index (χ4n) is 1.04. The Hall–Kier alpha value is -1.89. The van der Waals surface area contributed by atoms with Crippen LogP contribution in [0.3, 0.4) is 0 Å². The Bertz CT molecular complexity index is 528. The lowest BCUT2D eigenvalue weighted by atomic mass is 10.3. The van der Waals surface area contributed by atoms with E-state index in [4.69, 9.17) is 0 Å². The lowest BCUT2D eigenvalue weighted by Gasteiger charge is -1.99. The van der Waals surface area contributed by atoms with Gasteiger partial charge in [0.2, 0.25) is 11.1 Å². The van der Waals surface area contributed by atoms with Crippen molar-refractivity contribution in [2.45, 2.75) is 6.92 Å². The van der Waals surface area contributed by atoms with Gasteiger partial charge in [0.1, 0.15) is 10.7 Å². The zero-order chi connectivity index (χ0) is 11.5. The van der Waals surface area contributed by atoms with Gasteiger partial charge in [0.15, 0.2) is 0 Å². The predicted octanol–water partition coefficient (Wildman–Crippen LogP) is 1.63. The Morgan fingerprint density at radius 2 is 2.25 bits per heavy atom. The number of aromatic nitrogens is 3. The Morgan fingerprint density at radius 1 is 1.44 bits per heavy atom. The van der Waals surface area contributed by atoms with Gasteiger partial charge in [-0.3, -0.25) is 10.1 Å². The summed E-state index contributed by atoms with van der Waals surface area (Å²) in [5.41, 5.74) is 0.00727. The van der Waals surface area contributed by atoms with Crippen molar-refractivity contribution in [1.82, 2.24) is 15.2 Å². The van der Waals surface area contributed by atoms with Gasteiger partial charge in [-0.15, -0.1) is 10.2 Å². The zero-order valence-corrected chi connectivity index (χ0v) is 9.08. The van der Waals surface area contributed by atoms with Crippen LogP contribution >= 0.6 is 11.3 Å². The topological polar surface area (TPSA) is 67.8 Å². The molecule has 0 aliphatic heterocycles. The molecule has 0 aliphatic carbocycles. The number of carbonyl (C=O) groups excluding carboxylic acids is 1. The fraction of sp³-hybridized carbons (Fsp3) is 0.111. The highest BCUT2D eigenvalue weighted by Gasteiger charge is 2.10. The number of halogens is 1. The highest BCUT2D eigenvalue weighted by atomic mass is 32.1. The molecule has 0 radical (unpaired) electrons. The van der Waals surface area contributed by atoms with Crippen LogP contribution in [0.2, 0.25) is 0 Å². The van der Waals surface area contributed by atoms with Crippen LogP contribution in [0.25, 0.3) is 0 Å². The van der Waals surface area contributed by atoms with Gasteiger partial charge in [-0.05, 0) is 19.1 Å². The Kier molecular flexibility index (Phi) is 2.86. The molecule has 2 aromatic rings. The average molecular weight is 238 g/mol. The van der Waals surface area contributed by atoms with E-state index in [-0.39, 0.29) is 5.69 Å². The minimum absolute atomic E-state index is 0.00727. The molecular formula is C9H7FN4OS. The van der Waals surface area contributed by atoms with Crippen molar-refractivity contribution in [3.63, 3.8) is 0 Å². The minimum Gasteiger partial charge on any atom is -0.295 e. The molecule has 0 spiro atoms. The second-order valence-corrected chi connectivity index (χ2v) is 4.11. The number of hydrogen-bond acceptors (Lipinski definition) is 5. The second-order valence-electron chi connectivity index (χ2n) is 2.93. The van der Waals surface area contributed by atoms with Crippen LogP contribution in [-0.2, 0) is 0 Å². The maximum Gasteiger partial charge on any atom is 0.276 e. The Labute approximate surface area is 94.4 Å². The molecule has 0 aliphatic rings. The van der Waals surface area contributed by atoms with Crippen LogP contribution in [0.15, 0.2) is 18.2 Å². The van der Waals surface area contributed by atoms with Crippen LogP contribution < -0.4 is 5.32 Å². The summed E-state index contributed by atoms with van der Waals surface area (Å²) in [6.45, 7) is 1.77. The number of amides is 1. The van der Waals surface area contributed by atoms with Crippen LogP contribution in [-0.4, -0.2) is 21.1 Å². The van der Waals surface area contributed by atoms with Crippen LogP contribution in [0.5, 0.6) is 0 Å². The molecule has 7 heteroatoms. The predicted molar refractivity (Wildman–Crippen MR) is 56.8 cm³/mol. The lowest BCUT2D eigenvalue weighted by molar-refractivity contribution is 0.102. The number of aryl methyl sites for hydroxylation is 1. The molecular weight excluding hydrogens is 231 g/mol. The normalized spacial score (nSPS) is 10.1. The number of nitrogens with one attached hydrogen (secondary N) is 1. The second kappa shape index (κ2) is 4.31. The highest BCUT2D eigenvalue weighted by molar-refractivity contribution is 7.15. The quantitative estimate of drug-likeness (QED) is 0.807. The van der Waals surface area contributed by atoms with Gasteiger partial charge >= 0.3 is 0 Å². The molecule has 0 bridgehead atoms. The first-order chi connectivity index (χ1) is 7.65. The molecule has 0 aromatic carbocycles. The van der Waals surface area contributed by atoms with E-state index in [2.05, 4.69) is 20.5 Å². The molecule has 2 aromatic heterocycles. The molecule has 2 heterocycles. The number of rotatable bonds is 2. The maximum atomic E-state index is 12.8. The smallest absolute Gasteiger partial charge is 0.276 e. The van der Waals surface area contributed by atoms with Gasteiger partial charge in [-0.25, -0.2) is 4.98 Å². The number of pyridine rings is 1. The van der Waals surface area contributed by atoms with Crippen molar-refractivity contribution in [3.8, 4) is 0 Å². The average Bonchev–Trinajstić information content (AvgIpc) is 2.64. The highest BCUT2D eigenvalue weighted by Crippen LogP contribution is 2.14. The third kappa shape index (κ3) is 2.37. The van der Waals surface area contributed by atoms with Gasteiger partial charge in [-0.2, -0.15) is 4.39 Å². The standard InChI is InChI=1S/C9H7FN4OS/c1-5-13-14-9(16-5)12-8(15)6-3-2-4-7(10)11-6/h2-4H,1H3,(H,12,14,15). The number of nitrogens with zero attached hydrogens (tertiary/aromatic N) is 3. The van der Waals surface area contributed by atoms with Crippen molar-refractivity contribution in [1.29, 1.82) is 0 Å². The molecule has 1 N–H and O–H groups in total. The summed E-state index contributed by atoms with van der Waals surface area (Å²) in [6, 6.07) is 4.01. The summed E-state index contributed by atoms with van der Waals surface area (Å²) in [4.78, 5) is 15.0. The van der Waals surface area contributed by atoms with Gasteiger partial charge < -0.3 is 0 Å². The third-order valence-electron chi connectivity index (χ3n) is 1.69. The summed E-state index contributed by atoms with van der Waals surface area (Å²) < 4.78 is 12.8. The first kappa shape index (κ1) is 10.6. The van der Waals surface area contributed by atoms with E-state index in [9.17, 15) is 9.18 Å². The van der Waals surface area contributed by atoms with E-state index in [1.165, 1.54) is 29.5 Å². The lowest BCUT2D eigenvalue weighted by Crippen LogP contribution is -2.13. The van der Waals surface area contributed by atoms with E-state index in [0.29, 0.717) is 5.13 Å². The monoisotopic (exact) mass is 238 g/mol. The van der Waals surface area contributed by atoms with Gasteiger partial charge in [0, 0.05) is 0 Å². The Morgan fingerprint density at radius 3 is 2.88 bits per heavy atom. The number of carbonyl (C=O) groups is 1. The molecule has 0 fully saturated rings. The molecule has 5 nitrogen and oxygen atoms in total.